The Morgan fingerprint density at radius 3 is 2.78 bits per heavy atom. The summed E-state index contributed by atoms with van der Waals surface area (Å²) in [7, 11) is 0. The summed E-state index contributed by atoms with van der Waals surface area (Å²) in [5.74, 6) is 3.15. The van der Waals surface area contributed by atoms with Crippen LogP contribution in [-0.4, -0.2) is 46.5 Å². The summed E-state index contributed by atoms with van der Waals surface area (Å²) in [5.41, 5.74) is -1.08. The minimum Gasteiger partial charge on any atom is -0.381 e. The Kier molecular flexibility index (Phi) is 4.39. The van der Waals surface area contributed by atoms with Crippen LogP contribution in [0.4, 0.5) is 0 Å². The third kappa shape index (κ3) is 3.24. The second-order valence-corrected chi connectivity index (χ2v) is 5.92. The number of carbonyl (C=O) groups is 1. The Bertz CT molecular complexity index is 606. The first kappa shape index (κ1) is 15.6. The van der Waals surface area contributed by atoms with Crippen LogP contribution in [0.15, 0.2) is 16.6 Å². The largest absolute Gasteiger partial charge is 0.381 e. The quantitative estimate of drug-likeness (QED) is 0.730. The van der Waals surface area contributed by atoms with Gasteiger partial charge in [-0.05, 0) is 12.8 Å². The normalized spacial score (nSPS) is 20.7. The summed E-state index contributed by atoms with van der Waals surface area (Å²) in [5, 5.41) is 17.9. The smallest absolute Gasteiger partial charge is 0.234 e. The molecule has 0 saturated carbocycles. The van der Waals surface area contributed by atoms with Crippen LogP contribution in [-0.2, 0) is 14.9 Å². The van der Waals surface area contributed by atoms with Crippen LogP contribution in [0, 0.1) is 12.3 Å². The first-order chi connectivity index (χ1) is 11.2. The molecular weight excluding hydrogens is 296 g/mol. The Hall–Kier alpha value is -2.27. The number of hydrogen-bond acceptors (Lipinski definition) is 6. The minimum absolute atomic E-state index is 0.0506. The molecule has 1 saturated heterocycles. The van der Waals surface area contributed by atoms with E-state index in [1.165, 1.54) is 6.33 Å². The lowest BCUT2D eigenvalue weighted by atomic mass is 9.78. The van der Waals surface area contributed by atoms with E-state index >= 15 is 0 Å². The molecule has 0 aromatic carbocycles. The molecule has 2 aliphatic heterocycles. The number of nitrogens with one attached hydrogen (secondary N) is 2. The molecular formula is C15H20N6O2. The highest BCUT2D eigenvalue weighted by atomic mass is 16.5. The number of aromatic nitrogens is 3. The first-order valence-corrected chi connectivity index (χ1v) is 7.80. The number of terminal acetylenes is 1. The average Bonchev–Trinajstić information content (AvgIpc) is 3.12. The van der Waals surface area contributed by atoms with Gasteiger partial charge in [-0.15, -0.1) is 12.3 Å². The van der Waals surface area contributed by atoms with Crippen LogP contribution in [0.3, 0.4) is 0 Å². The van der Waals surface area contributed by atoms with Gasteiger partial charge in [-0.3, -0.25) is 9.89 Å². The molecule has 0 unspecified atom stereocenters. The first-order valence-electron chi connectivity index (χ1n) is 7.80. The predicted octanol–water partition coefficient (Wildman–Crippen LogP) is 0.935. The van der Waals surface area contributed by atoms with Gasteiger partial charge in [0.05, 0.1) is 0 Å². The van der Waals surface area contributed by atoms with Crippen molar-refractivity contribution < 1.29 is 9.53 Å². The van der Waals surface area contributed by atoms with Gasteiger partial charge in [0.1, 0.15) is 17.6 Å². The highest BCUT2D eigenvalue weighted by molar-refractivity contribution is 5.87. The second-order valence-electron chi connectivity index (χ2n) is 5.92. The molecule has 3 heterocycles. The molecule has 1 amide bonds. The van der Waals surface area contributed by atoms with Crippen LogP contribution in [0.25, 0.3) is 0 Å². The lowest BCUT2D eigenvalue weighted by Crippen LogP contribution is -2.49. The van der Waals surface area contributed by atoms with Gasteiger partial charge in [-0.1, -0.05) is 0 Å². The molecule has 0 atom stereocenters. The van der Waals surface area contributed by atoms with Crippen LogP contribution in [0.2, 0.25) is 0 Å². The molecule has 0 aliphatic carbocycles. The van der Waals surface area contributed by atoms with Crippen molar-refractivity contribution in [2.45, 2.75) is 43.2 Å². The zero-order valence-corrected chi connectivity index (χ0v) is 12.9. The average molecular weight is 316 g/mol. The van der Waals surface area contributed by atoms with Gasteiger partial charge in [0.25, 0.3) is 0 Å². The molecule has 1 aromatic heterocycles. The molecule has 0 radical (unpaired) electrons. The minimum atomic E-state index is -0.696. The summed E-state index contributed by atoms with van der Waals surface area (Å²) in [4.78, 5) is 17.0. The topological polar surface area (TPSA) is 105 Å². The van der Waals surface area contributed by atoms with E-state index in [2.05, 4.69) is 36.6 Å². The van der Waals surface area contributed by atoms with Crippen LogP contribution >= 0.6 is 0 Å². The van der Waals surface area contributed by atoms with Crippen molar-refractivity contribution in [3.63, 3.8) is 0 Å². The Morgan fingerprint density at radius 1 is 1.39 bits per heavy atom. The van der Waals surface area contributed by atoms with Gasteiger partial charge in [0, 0.05) is 39.0 Å². The third-order valence-corrected chi connectivity index (χ3v) is 4.51. The SMILES string of the molecule is C#CCCC1(CCNC(=O)C2(c3ncn[nH]3)CCOCC2)N=N1. The van der Waals surface area contributed by atoms with E-state index in [1.54, 1.807) is 0 Å². The molecule has 1 aromatic rings. The number of carbonyl (C=O) groups excluding carboxylic acids is 1. The lowest BCUT2D eigenvalue weighted by molar-refractivity contribution is -0.130. The predicted molar refractivity (Wildman–Crippen MR) is 81.4 cm³/mol. The summed E-state index contributed by atoms with van der Waals surface area (Å²) < 4.78 is 5.40. The van der Waals surface area contributed by atoms with E-state index in [1.807, 2.05) is 0 Å². The number of ether oxygens (including phenoxy) is 1. The molecule has 23 heavy (non-hydrogen) atoms. The zero-order valence-electron chi connectivity index (χ0n) is 12.9. The molecule has 1 fully saturated rings. The number of nitrogens with zero attached hydrogens (tertiary/aromatic N) is 4. The fourth-order valence-corrected chi connectivity index (χ4v) is 2.94. The van der Waals surface area contributed by atoms with Gasteiger partial charge in [-0.2, -0.15) is 15.3 Å². The maximum Gasteiger partial charge on any atom is 0.234 e. The van der Waals surface area contributed by atoms with Crippen molar-refractivity contribution in [2.24, 2.45) is 10.2 Å². The molecule has 8 heteroatoms. The maximum atomic E-state index is 12.8. The van der Waals surface area contributed by atoms with E-state index in [9.17, 15) is 4.79 Å². The van der Waals surface area contributed by atoms with Crippen molar-refractivity contribution in [2.75, 3.05) is 19.8 Å². The molecule has 0 spiro atoms. The third-order valence-electron chi connectivity index (χ3n) is 4.51. The highest BCUT2D eigenvalue weighted by Crippen LogP contribution is 2.36. The molecule has 8 nitrogen and oxygen atoms in total. The van der Waals surface area contributed by atoms with Gasteiger partial charge < -0.3 is 10.1 Å². The van der Waals surface area contributed by atoms with Gasteiger partial charge in [0.15, 0.2) is 5.66 Å². The van der Waals surface area contributed by atoms with Crippen LogP contribution in [0.1, 0.15) is 37.9 Å². The number of amides is 1. The number of H-pyrrole nitrogens is 1. The molecule has 122 valence electrons. The zero-order chi connectivity index (χ0) is 16.2. The standard InChI is InChI=1S/C15H20N6O2/c1-2-3-4-15(20-21-15)5-8-16-13(22)14(6-9-23-10-7-14)12-17-11-18-19-12/h1,11H,3-10H2,(H,16,22)(H,17,18,19). The van der Waals surface area contributed by atoms with E-state index < -0.39 is 5.41 Å². The van der Waals surface area contributed by atoms with Crippen molar-refractivity contribution in [1.29, 1.82) is 0 Å². The molecule has 0 bridgehead atoms. The van der Waals surface area contributed by atoms with E-state index in [-0.39, 0.29) is 11.6 Å². The summed E-state index contributed by atoms with van der Waals surface area (Å²) in [6.07, 6.45) is 9.93. The number of hydrogen-bond donors (Lipinski definition) is 2. The Balaban J connectivity index is 1.58. The van der Waals surface area contributed by atoms with Gasteiger partial charge in [0.2, 0.25) is 5.91 Å². The summed E-state index contributed by atoms with van der Waals surface area (Å²) in [6.45, 7) is 1.57. The maximum absolute atomic E-state index is 12.8. The van der Waals surface area contributed by atoms with E-state index in [0.29, 0.717) is 51.3 Å². The van der Waals surface area contributed by atoms with Crippen molar-refractivity contribution in [1.82, 2.24) is 20.5 Å². The molecule has 2 aliphatic rings. The number of aromatic amines is 1. The molecule has 2 N–H and O–H groups in total. The Labute approximate surface area is 134 Å². The summed E-state index contributed by atoms with van der Waals surface area (Å²) in [6, 6.07) is 0. The van der Waals surface area contributed by atoms with Crippen molar-refractivity contribution >= 4 is 5.91 Å². The fraction of sp³-hybridized carbons (Fsp3) is 0.667. The number of rotatable bonds is 7. The van der Waals surface area contributed by atoms with E-state index in [4.69, 9.17) is 11.2 Å². The van der Waals surface area contributed by atoms with Crippen LogP contribution < -0.4 is 5.32 Å². The monoisotopic (exact) mass is 316 g/mol. The van der Waals surface area contributed by atoms with Crippen molar-refractivity contribution in [3.8, 4) is 12.3 Å². The second kappa shape index (κ2) is 6.46. The Morgan fingerprint density at radius 2 is 2.17 bits per heavy atom. The highest BCUT2D eigenvalue weighted by Gasteiger charge is 2.45. The van der Waals surface area contributed by atoms with E-state index in [0.717, 1.165) is 6.42 Å². The summed E-state index contributed by atoms with van der Waals surface area (Å²) >= 11 is 0. The van der Waals surface area contributed by atoms with Gasteiger partial charge >= 0.3 is 0 Å². The van der Waals surface area contributed by atoms with Crippen LogP contribution in [0.5, 0.6) is 0 Å². The van der Waals surface area contributed by atoms with Crippen molar-refractivity contribution in [3.05, 3.63) is 12.2 Å². The lowest BCUT2D eigenvalue weighted by Gasteiger charge is -2.33. The fourth-order valence-electron chi connectivity index (χ4n) is 2.94. The van der Waals surface area contributed by atoms with Gasteiger partial charge in [-0.25, -0.2) is 4.98 Å². The molecule has 3 rings (SSSR count).